The predicted octanol–water partition coefficient (Wildman–Crippen LogP) is 11.3. The molecular formula is C43H46ClN7O6. The molecule has 296 valence electrons. The molecule has 0 bridgehead atoms. The number of nitrogens with zero attached hydrogens (tertiary/aromatic N) is 4. The van der Waals surface area contributed by atoms with Crippen molar-refractivity contribution in [2.45, 2.75) is 39.5 Å². The smallest absolute Gasteiger partial charge is 0.298 e. The summed E-state index contributed by atoms with van der Waals surface area (Å²) in [6.45, 7) is 6.57. The van der Waals surface area contributed by atoms with Gasteiger partial charge < -0.3 is 17.2 Å². The van der Waals surface area contributed by atoms with E-state index in [-0.39, 0.29) is 22.7 Å². The van der Waals surface area contributed by atoms with Crippen LogP contribution in [-0.2, 0) is 6.42 Å². The van der Waals surface area contributed by atoms with Crippen LogP contribution >= 0.6 is 11.6 Å². The fourth-order valence-electron chi connectivity index (χ4n) is 4.55. The van der Waals surface area contributed by atoms with Crippen molar-refractivity contribution in [3.8, 4) is 0 Å². The van der Waals surface area contributed by atoms with E-state index in [0.29, 0.717) is 10.9 Å². The minimum atomic E-state index is -0.762. The summed E-state index contributed by atoms with van der Waals surface area (Å²) < 4.78 is 0. The number of nitrogen functional groups attached to an aromatic ring is 3. The lowest BCUT2D eigenvalue weighted by Crippen LogP contribution is -1.97. The van der Waals surface area contributed by atoms with Crippen LogP contribution in [-0.4, -0.2) is 19.8 Å². The van der Waals surface area contributed by atoms with Gasteiger partial charge in [-0.2, -0.15) is 0 Å². The van der Waals surface area contributed by atoms with Gasteiger partial charge in [0.1, 0.15) is 11.4 Å². The van der Waals surface area contributed by atoms with Crippen molar-refractivity contribution in [2.75, 3.05) is 17.2 Å². The van der Waals surface area contributed by atoms with E-state index in [1.54, 1.807) is 6.20 Å². The van der Waals surface area contributed by atoms with E-state index in [9.17, 15) is 30.3 Å². The van der Waals surface area contributed by atoms with Gasteiger partial charge >= 0.3 is 0 Å². The fourth-order valence-corrected chi connectivity index (χ4v) is 4.72. The number of pyridine rings is 1. The number of anilines is 3. The molecule has 6 aromatic rings. The molecule has 0 spiro atoms. The molecule has 57 heavy (non-hydrogen) atoms. The van der Waals surface area contributed by atoms with Gasteiger partial charge in [-0.1, -0.05) is 136 Å². The summed E-state index contributed by atoms with van der Waals surface area (Å²) >= 11 is 5.50. The first-order valence-electron chi connectivity index (χ1n) is 17.6. The second kappa shape index (κ2) is 25.1. The quantitative estimate of drug-likeness (QED) is 0.0851. The van der Waals surface area contributed by atoms with E-state index in [1.807, 2.05) is 42.5 Å². The van der Waals surface area contributed by atoms with Crippen molar-refractivity contribution in [1.82, 2.24) is 4.98 Å². The lowest BCUT2D eigenvalue weighted by atomic mass is 10.0. The molecule has 1 aromatic heterocycles. The van der Waals surface area contributed by atoms with Gasteiger partial charge in [-0.25, -0.2) is 0 Å². The van der Waals surface area contributed by atoms with E-state index in [4.69, 9.17) is 28.8 Å². The zero-order chi connectivity index (χ0) is 42.2. The normalized spacial score (nSPS) is 10.4. The maximum Gasteiger partial charge on any atom is 0.298 e. The number of non-ortho nitro benzene ring substituents is 1. The van der Waals surface area contributed by atoms with Crippen molar-refractivity contribution in [2.24, 2.45) is 0 Å². The Morgan fingerprint density at radius 1 is 0.649 bits per heavy atom. The molecular weight excluding hydrogens is 746 g/mol. The standard InChI is InChI=1S/C9H8N2.C9H12.C8H10.C6H5ClN2O2.C6H5N3O4.C5H6/c10-8-5-1-3-7-4-2-6-11-9(7)8;1-8(2)9-6-4-3-5-7-9;1-2-8-6-4-3-5-7-8;7-4-1-2-5(8)6(3-4)9(10)11;7-5-2-1-4(8(10)11)3-6(5)9(12)13;1-2-4-5-3-1/h1-6H,10H2;3-8H,1-2H3;3-7H,2H2,1H3;1-3H,8H2;1-3H,7H2;1-4H,5H2. The zero-order valence-corrected chi connectivity index (χ0v) is 32.6. The highest BCUT2D eigenvalue weighted by molar-refractivity contribution is 6.30. The van der Waals surface area contributed by atoms with Crippen LogP contribution < -0.4 is 17.2 Å². The predicted molar refractivity (Wildman–Crippen MR) is 232 cm³/mol. The van der Waals surface area contributed by atoms with Gasteiger partial charge in [-0.05, 0) is 60.2 Å². The maximum absolute atomic E-state index is 10.3. The molecule has 0 unspecified atom stereocenters. The zero-order valence-electron chi connectivity index (χ0n) is 31.9. The van der Waals surface area contributed by atoms with Gasteiger partial charge in [0.25, 0.3) is 17.1 Å². The number of nitro groups is 3. The number of aromatic nitrogens is 1. The van der Waals surface area contributed by atoms with E-state index in [2.05, 4.69) is 98.6 Å². The highest BCUT2D eigenvalue weighted by Gasteiger charge is 2.17. The largest absolute Gasteiger partial charge is 0.397 e. The molecule has 6 N–H and O–H groups in total. The Bertz CT molecular complexity index is 2220. The lowest BCUT2D eigenvalue weighted by Gasteiger charge is -2.01. The van der Waals surface area contributed by atoms with Crippen molar-refractivity contribution >= 4 is 56.6 Å². The molecule has 0 atom stereocenters. The summed E-state index contributed by atoms with van der Waals surface area (Å²) in [6.07, 6.45) is 12.4. The van der Waals surface area contributed by atoms with E-state index < -0.39 is 20.5 Å². The van der Waals surface area contributed by atoms with E-state index >= 15 is 0 Å². The number of nitrogens with two attached hydrogens (primary N) is 3. The second-order valence-electron chi connectivity index (χ2n) is 12.1. The average Bonchev–Trinajstić information content (AvgIpc) is 3.81. The summed E-state index contributed by atoms with van der Waals surface area (Å²) in [7, 11) is 0. The Kier molecular flexibility index (Phi) is 20.2. The summed E-state index contributed by atoms with van der Waals surface area (Å²) in [5, 5.41) is 32.2. The third-order valence-electron chi connectivity index (χ3n) is 7.65. The Hall–Kier alpha value is -7.12. The highest BCUT2D eigenvalue weighted by atomic mass is 35.5. The van der Waals surface area contributed by atoms with Crippen molar-refractivity contribution < 1.29 is 14.8 Å². The molecule has 14 heteroatoms. The topological polar surface area (TPSA) is 220 Å². The molecule has 0 aliphatic heterocycles. The molecule has 1 heterocycles. The Morgan fingerprint density at radius 3 is 1.63 bits per heavy atom. The molecule has 0 radical (unpaired) electrons. The first-order chi connectivity index (χ1) is 27.2. The van der Waals surface area contributed by atoms with Gasteiger partial charge in [0.05, 0.1) is 32.0 Å². The summed E-state index contributed by atoms with van der Waals surface area (Å²) in [4.78, 5) is 32.9. The average molecular weight is 792 g/mol. The van der Waals surface area contributed by atoms with Crippen LogP contribution in [0, 0.1) is 30.3 Å². The highest BCUT2D eigenvalue weighted by Crippen LogP contribution is 2.26. The van der Waals surface area contributed by atoms with E-state index in [0.717, 1.165) is 47.6 Å². The van der Waals surface area contributed by atoms with Crippen LogP contribution in [0.2, 0.25) is 5.02 Å². The third kappa shape index (κ3) is 17.3. The Morgan fingerprint density at radius 2 is 1.19 bits per heavy atom. The van der Waals surface area contributed by atoms with Crippen LogP contribution in [0.3, 0.4) is 0 Å². The van der Waals surface area contributed by atoms with Crippen LogP contribution in [0.15, 0.2) is 158 Å². The number of halogens is 1. The monoisotopic (exact) mass is 791 g/mol. The number of nitro benzene ring substituents is 3. The fraction of sp³-hybridized carbons (Fsp3) is 0.140. The minimum Gasteiger partial charge on any atom is -0.397 e. The first kappa shape index (κ1) is 46.0. The van der Waals surface area contributed by atoms with Crippen LogP contribution in [0.5, 0.6) is 0 Å². The second-order valence-corrected chi connectivity index (χ2v) is 12.6. The Labute approximate surface area is 336 Å². The van der Waals surface area contributed by atoms with Gasteiger partial charge in [0.15, 0.2) is 0 Å². The number of allylic oxidation sites excluding steroid dienone is 4. The van der Waals surface area contributed by atoms with Crippen molar-refractivity contribution in [3.05, 3.63) is 204 Å². The van der Waals surface area contributed by atoms with E-state index in [1.165, 1.54) is 29.3 Å². The number of aryl methyl sites for hydroxylation is 1. The molecule has 0 saturated heterocycles. The molecule has 0 fully saturated rings. The molecule has 0 saturated carbocycles. The number of benzene rings is 5. The van der Waals surface area contributed by atoms with Crippen LogP contribution in [0.25, 0.3) is 10.9 Å². The maximum atomic E-state index is 10.3. The molecule has 5 aromatic carbocycles. The van der Waals surface area contributed by atoms with Gasteiger partial charge in [0, 0.05) is 28.7 Å². The van der Waals surface area contributed by atoms with Gasteiger partial charge in [-0.15, -0.1) is 0 Å². The number of hydrogen-bond acceptors (Lipinski definition) is 10. The number of fused-ring (bicyclic) bond motifs is 1. The van der Waals surface area contributed by atoms with Crippen molar-refractivity contribution in [3.63, 3.8) is 0 Å². The molecule has 7 rings (SSSR count). The van der Waals surface area contributed by atoms with Crippen LogP contribution in [0.4, 0.5) is 34.1 Å². The summed E-state index contributed by atoms with van der Waals surface area (Å²) in [6, 6.07) is 37.9. The Balaban J connectivity index is 0.000000240. The third-order valence-corrected chi connectivity index (χ3v) is 7.88. The number of hydrogen-bond donors (Lipinski definition) is 3. The summed E-state index contributed by atoms with van der Waals surface area (Å²) in [5.41, 5.74) is 19.7. The lowest BCUT2D eigenvalue weighted by molar-refractivity contribution is -0.393. The van der Waals surface area contributed by atoms with Crippen molar-refractivity contribution in [1.29, 1.82) is 0 Å². The molecule has 13 nitrogen and oxygen atoms in total. The van der Waals surface area contributed by atoms with Crippen LogP contribution in [0.1, 0.15) is 44.2 Å². The molecule has 0 amide bonds. The van der Waals surface area contributed by atoms with Gasteiger partial charge in [0.2, 0.25) is 0 Å². The number of para-hydroxylation sites is 1. The molecule has 1 aliphatic carbocycles. The SMILES string of the molecule is C1=CCC=C1.CC(C)c1ccccc1.CCc1ccccc1.Nc1ccc(Cl)cc1[N+](=O)[O-].Nc1ccc([N+](=O)[O-])cc1[N+](=O)[O-].Nc1cccc2cccnc12. The number of rotatable bonds is 5. The molecule has 1 aliphatic rings. The first-order valence-corrected chi connectivity index (χ1v) is 18.0. The van der Waals surface area contributed by atoms with Gasteiger partial charge in [-0.3, -0.25) is 35.3 Å². The summed E-state index contributed by atoms with van der Waals surface area (Å²) in [5.74, 6) is 0.659. The minimum absolute atomic E-state index is 0.0874.